The molecular formula is C16H26O3. The summed E-state index contributed by atoms with van der Waals surface area (Å²) < 4.78 is 5.36. The highest BCUT2D eigenvalue weighted by atomic mass is 16.5. The number of aryl methyl sites for hydroxylation is 1. The third-order valence-corrected chi connectivity index (χ3v) is 2.78. The van der Waals surface area contributed by atoms with Crippen LogP contribution in [-0.4, -0.2) is 18.2 Å². The van der Waals surface area contributed by atoms with Crippen molar-refractivity contribution < 1.29 is 14.6 Å². The predicted molar refractivity (Wildman–Crippen MR) is 79.0 cm³/mol. The van der Waals surface area contributed by atoms with E-state index in [9.17, 15) is 4.79 Å². The second-order valence-corrected chi connectivity index (χ2v) is 4.48. The molecule has 3 heteroatoms. The number of methoxy groups -OCH3 is 1. The van der Waals surface area contributed by atoms with E-state index in [1.807, 2.05) is 19.9 Å². The van der Waals surface area contributed by atoms with Crippen molar-refractivity contribution in [2.75, 3.05) is 7.11 Å². The van der Waals surface area contributed by atoms with Crippen LogP contribution in [0.1, 0.15) is 57.6 Å². The number of carbonyl (C=O) groups is 1. The van der Waals surface area contributed by atoms with E-state index in [2.05, 4.69) is 26.0 Å². The molecule has 1 rings (SSSR count). The van der Waals surface area contributed by atoms with E-state index in [0.717, 1.165) is 17.7 Å². The highest BCUT2D eigenvalue weighted by Gasteiger charge is 2.08. The quantitative estimate of drug-likeness (QED) is 0.837. The molecule has 1 N–H and O–H groups in total. The summed E-state index contributed by atoms with van der Waals surface area (Å²) in [4.78, 5) is 10.4. The first kappa shape index (κ1) is 17.5. The summed E-state index contributed by atoms with van der Waals surface area (Å²) in [5.74, 6) is 0.585. The van der Waals surface area contributed by atoms with E-state index in [-0.39, 0.29) is 6.42 Å². The molecule has 0 saturated carbocycles. The van der Waals surface area contributed by atoms with Crippen molar-refractivity contribution in [2.45, 2.75) is 52.9 Å². The Labute approximate surface area is 116 Å². The van der Waals surface area contributed by atoms with Gasteiger partial charge in [-0.2, -0.15) is 0 Å². The van der Waals surface area contributed by atoms with Gasteiger partial charge >= 0.3 is 5.97 Å². The topological polar surface area (TPSA) is 46.5 Å². The summed E-state index contributed by atoms with van der Waals surface area (Å²) in [7, 11) is 1.67. The molecule has 0 atom stereocenters. The van der Waals surface area contributed by atoms with E-state index in [0.29, 0.717) is 12.3 Å². The van der Waals surface area contributed by atoms with Gasteiger partial charge in [0, 0.05) is 6.42 Å². The van der Waals surface area contributed by atoms with Gasteiger partial charge in [-0.15, -0.1) is 0 Å². The molecule has 108 valence electrons. The van der Waals surface area contributed by atoms with Crippen LogP contribution in [0.2, 0.25) is 0 Å². The van der Waals surface area contributed by atoms with Crippen molar-refractivity contribution >= 4 is 5.97 Å². The number of carboxylic acid groups (broad SMARTS) is 1. The van der Waals surface area contributed by atoms with Gasteiger partial charge in [-0.1, -0.05) is 39.8 Å². The van der Waals surface area contributed by atoms with Gasteiger partial charge in [0.2, 0.25) is 0 Å². The van der Waals surface area contributed by atoms with Crippen LogP contribution in [0.25, 0.3) is 0 Å². The number of benzene rings is 1. The van der Waals surface area contributed by atoms with E-state index in [1.165, 1.54) is 5.56 Å². The van der Waals surface area contributed by atoms with Gasteiger partial charge in [-0.05, 0) is 36.0 Å². The molecule has 0 saturated heterocycles. The number of aliphatic carboxylic acids is 1. The van der Waals surface area contributed by atoms with Crippen molar-refractivity contribution in [1.29, 1.82) is 0 Å². The molecule has 0 spiro atoms. The average Bonchev–Trinajstić information content (AvgIpc) is 2.40. The van der Waals surface area contributed by atoms with Crippen LogP contribution in [-0.2, 0) is 11.2 Å². The summed E-state index contributed by atoms with van der Waals surface area (Å²) in [6.45, 7) is 8.25. The summed E-state index contributed by atoms with van der Waals surface area (Å²) >= 11 is 0. The van der Waals surface area contributed by atoms with Crippen molar-refractivity contribution in [1.82, 2.24) is 0 Å². The Balaban J connectivity index is 0.00000154. The third kappa shape index (κ3) is 6.27. The summed E-state index contributed by atoms with van der Waals surface area (Å²) in [5, 5.41) is 8.58. The average molecular weight is 266 g/mol. The minimum Gasteiger partial charge on any atom is -0.496 e. The van der Waals surface area contributed by atoms with Gasteiger partial charge in [-0.3, -0.25) is 4.79 Å². The Morgan fingerprint density at radius 1 is 1.32 bits per heavy atom. The Bertz CT molecular complexity index is 384. The fourth-order valence-electron chi connectivity index (χ4n) is 1.83. The van der Waals surface area contributed by atoms with E-state index >= 15 is 0 Å². The van der Waals surface area contributed by atoms with Crippen molar-refractivity contribution in [2.24, 2.45) is 0 Å². The molecule has 0 bridgehead atoms. The predicted octanol–water partition coefficient (Wildman–Crippen LogP) is 4.25. The first-order valence-electron chi connectivity index (χ1n) is 6.93. The molecule has 0 amide bonds. The number of rotatable bonds is 6. The summed E-state index contributed by atoms with van der Waals surface area (Å²) in [6, 6.07) is 6.14. The number of ether oxygens (including phenoxy) is 1. The SMILES string of the molecule is CC.COc1cc(CCCC(=O)O)ccc1C(C)C. The number of hydrogen-bond donors (Lipinski definition) is 1. The van der Waals surface area contributed by atoms with Gasteiger partial charge in [0.15, 0.2) is 0 Å². The molecule has 0 radical (unpaired) electrons. The second-order valence-electron chi connectivity index (χ2n) is 4.48. The van der Waals surface area contributed by atoms with E-state index in [4.69, 9.17) is 9.84 Å². The Kier molecular flexibility index (Phi) is 8.68. The Morgan fingerprint density at radius 2 is 1.95 bits per heavy atom. The maximum atomic E-state index is 10.4. The van der Waals surface area contributed by atoms with Gasteiger partial charge in [0.25, 0.3) is 0 Å². The molecule has 3 nitrogen and oxygen atoms in total. The van der Waals surface area contributed by atoms with Crippen molar-refractivity contribution in [3.8, 4) is 5.75 Å². The summed E-state index contributed by atoms with van der Waals surface area (Å²) in [6.07, 6.45) is 1.66. The van der Waals surface area contributed by atoms with E-state index < -0.39 is 5.97 Å². The normalized spacial score (nSPS) is 9.79. The van der Waals surface area contributed by atoms with Crippen LogP contribution in [0, 0.1) is 0 Å². The molecule has 0 aliphatic carbocycles. The Hall–Kier alpha value is -1.51. The fraction of sp³-hybridized carbons (Fsp3) is 0.562. The van der Waals surface area contributed by atoms with Gasteiger partial charge in [0.1, 0.15) is 5.75 Å². The standard InChI is InChI=1S/C14H20O3.C2H6/c1-10(2)12-8-7-11(9-13(12)17-3)5-4-6-14(15)16;1-2/h7-10H,4-6H2,1-3H3,(H,15,16);1-2H3. The zero-order valence-corrected chi connectivity index (χ0v) is 12.7. The summed E-state index contributed by atoms with van der Waals surface area (Å²) in [5.41, 5.74) is 2.32. The molecule has 0 fully saturated rings. The Morgan fingerprint density at radius 3 is 2.42 bits per heavy atom. The van der Waals surface area contributed by atoms with Crippen LogP contribution < -0.4 is 4.74 Å². The zero-order valence-electron chi connectivity index (χ0n) is 12.7. The monoisotopic (exact) mass is 266 g/mol. The first-order chi connectivity index (χ1) is 9.04. The fourth-order valence-corrected chi connectivity index (χ4v) is 1.83. The minimum absolute atomic E-state index is 0.217. The van der Waals surface area contributed by atoms with Gasteiger partial charge < -0.3 is 9.84 Å². The molecule has 0 heterocycles. The second kappa shape index (κ2) is 9.42. The lowest BCUT2D eigenvalue weighted by Gasteiger charge is -2.13. The smallest absolute Gasteiger partial charge is 0.303 e. The van der Waals surface area contributed by atoms with E-state index in [1.54, 1.807) is 7.11 Å². The molecule has 19 heavy (non-hydrogen) atoms. The number of carboxylic acids is 1. The minimum atomic E-state index is -0.740. The third-order valence-electron chi connectivity index (χ3n) is 2.78. The van der Waals surface area contributed by atoms with Crippen LogP contribution in [0.4, 0.5) is 0 Å². The maximum absolute atomic E-state index is 10.4. The van der Waals surface area contributed by atoms with Crippen LogP contribution in [0.5, 0.6) is 5.75 Å². The molecule has 0 unspecified atom stereocenters. The number of hydrogen-bond acceptors (Lipinski definition) is 2. The lowest BCUT2D eigenvalue weighted by atomic mass is 9.98. The lowest BCUT2D eigenvalue weighted by Crippen LogP contribution is -1.98. The van der Waals surface area contributed by atoms with Crippen molar-refractivity contribution in [3.63, 3.8) is 0 Å². The van der Waals surface area contributed by atoms with Gasteiger partial charge in [-0.25, -0.2) is 0 Å². The molecule has 0 aliphatic rings. The zero-order chi connectivity index (χ0) is 14.8. The maximum Gasteiger partial charge on any atom is 0.303 e. The molecule has 0 aliphatic heterocycles. The largest absolute Gasteiger partial charge is 0.496 e. The lowest BCUT2D eigenvalue weighted by molar-refractivity contribution is -0.137. The molecular weight excluding hydrogens is 240 g/mol. The highest BCUT2D eigenvalue weighted by Crippen LogP contribution is 2.27. The first-order valence-corrected chi connectivity index (χ1v) is 6.93. The van der Waals surface area contributed by atoms with Crippen LogP contribution in [0.15, 0.2) is 18.2 Å². The molecule has 0 aromatic heterocycles. The molecule has 1 aromatic carbocycles. The molecule has 1 aromatic rings. The van der Waals surface area contributed by atoms with Crippen molar-refractivity contribution in [3.05, 3.63) is 29.3 Å². The van der Waals surface area contributed by atoms with Gasteiger partial charge in [0.05, 0.1) is 7.11 Å². The van der Waals surface area contributed by atoms with Crippen LogP contribution >= 0.6 is 0 Å². The van der Waals surface area contributed by atoms with Crippen LogP contribution in [0.3, 0.4) is 0 Å². The highest BCUT2D eigenvalue weighted by molar-refractivity contribution is 5.66.